The van der Waals surface area contributed by atoms with E-state index in [0.29, 0.717) is 5.15 Å². The Kier molecular flexibility index (Phi) is 5.84. The van der Waals surface area contributed by atoms with E-state index in [1.54, 1.807) is 5.57 Å². The topological polar surface area (TPSA) is 37.8 Å². The maximum Gasteiger partial charge on any atom is 0.137 e. The van der Waals surface area contributed by atoms with Gasteiger partial charge in [-0.25, -0.2) is 9.97 Å². The van der Waals surface area contributed by atoms with E-state index in [4.69, 9.17) is 11.6 Å². The molecular weight excluding hydrogens is 270 g/mol. The maximum atomic E-state index is 6.18. The van der Waals surface area contributed by atoms with Gasteiger partial charge in [0.15, 0.2) is 0 Å². The zero-order valence-electron chi connectivity index (χ0n) is 12.5. The maximum absolute atomic E-state index is 6.18. The van der Waals surface area contributed by atoms with Crippen molar-refractivity contribution in [3.63, 3.8) is 0 Å². The molecule has 1 aliphatic rings. The Hall–Kier alpha value is -1.09. The number of nitrogens with one attached hydrogen (secondary N) is 1. The van der Waals surface area contributed by atoms with Crippen molar-refractivity contribution in [3.8, 4) is 0 Å². The van der Waals surface area contributed by atoms with Gasteiger partial charge in [-0.3, -0.25) is 0 Å². The van der Waals surface area contributed by atoms with Crippen LogP contribution in [-0.4, -0.2) is 16.5 Å². The monoisotopic (exact) mass is 293 g/mol. The van der Waals surface area contributed by atoms with Crippen LogP contribution in [0, 0.1) is 6.92 Å². The van der Waals surface area contributed by atoms with Crippen molar-refractivity contribution >= 4 is 17.4 Å². The van der Waals surface area contributed by atoms with E-state index in [-0.39, 0.29) is 0 Å². The molecule has 0 fully saturated rings. The van der Waals surface area contributed by atoms with E-state index >= 15 is 0 Å². The molecule has 0 amide bonds. The van der Waals surface area contributed by atoms with E-state index in [2.05, 4.69) is 28.3 Å². The van der Waals surface area contributed by atoms with Crippen LogP contribution in [0.5, 0.6) is 0 Å². The Morgan fingerprint density at radius 3 is 2.80 bits per heavy atom. The highest BCUT2D eigenvalue weighted by Crippen LogP contribution is 2.22. The van der Waals surface area contributed by atoms with Crippen LogP contribution in [0.2, 0.25) is 5.15 Å². The predicted octanol–water partition coefficient (Wildman–Crippen LogP) is 4.69. The van der Waals surface area contributed by atoms with Crippen LogP contribution < -0.4 is 5.32 Å². The van der Waals surface area contributed by atoms with Crippen LogP contribution in [0.1, 0.15) is 56.8 Å². The molecule has 0 saturated carbocycles. The van der Waals surface area contributed by atoms with E-state index in [1.165, 1.54) is 25.7 Å². The summed E-state index contributed by atoms with van der Waals surface area (Å²) >= 11 is 6.18. The Morgan fingerprint density at radius 2 is 2.10 bits per heavy atom. The summed E-state index contributed by atoms with van der Waals surface area (Å²) < 4.78 is 0. The molecule has 0 radical (unpaired) electrons. The number of halogens is 1. The van der Waals surface area contributed by atoms with Gasteiger partial charge in [0.1, 0.15) is 16.8 Å². The van der Waals surface area contributed by atoms with Crippen LogP contribution >= 0.6 is 11.6 Å². The first-order chi connectivity index (χ1) is 9.70. The summed E-state index contributed by atoms with van der Waals surface area (Å²) in [7, 11) is 0. The lowest BCUT2D eigenvalue weighted by atomic mass is 9.97. The second-order valence-electron chi connectivity index (χ2n) is 5.44. The number of anilines is 1. The lowest BCUT2D eigenvalue weighted by Crippen LogP contribution is -2.09. The van der Waals surface area contributed by atoms with Crippen molar-refractivity contribution in [2.75, 3.05) is 11.9 Å². The number of hydrogen-bond donors (Lipinski definition) is 1. The lowest BCUT2D eigenvalue weighted by Gasteiger charge is -2.14. The smallest absolute Gasteiger partial charge is 0.137 e. The zero-order chi connectivity index (χ0) is 14.4. The van der Waals surface area contributed by atoms with Crippen molar-refractivity contribution in [1.29, 1.82) is 0 Å². The molecule has 3 nitrogen and oxygen atoms in total. The zero-order valence-corrected chi connectivity index (χ0v) is 13.3. The van der Waals surface area contributed by atoms with Crippen molar-refractivity contribution < 1.29 is 0 Å². The fourth-order valence-corrected chi connectivity index (χ4v) is 2.70. The number of aromatic nitrogens is 2. The lowest BCUT2D eigenvalue weighted by molar-refractivity contribution is 0.679. The molecule has 1 N–H and O–H groups in total. The van der Waals surface area contributed by atoms with Crippen LogP contribution in [0.15, 0.2) is 11.6 Å². The molecule has 1 aromatic heterocycles. The average Bonchev–Trinajstić information content (AvgIpc) is 2.45. The Balaban J connectivity index is 1.95. The van der Waals surface area contributed by atoms with E-state index in [9.17, 15) is 0 Å². The van der Waals surface area contributed by atoms with Gasteiger partial charge in [-0.2, -0.15) is 0 Å². The number of rotatable bonds is 6. The third-order valence-corrected chi connectivity index (χ3v) is 4.10. The normalized spacial score (nSPS) is 15.1. The van der Waals surface area contributed by atoms with Crippen LogP contribution in [0.25, 0.3) is 0 Å². The summed E-state index contributed by atoms with van der Waals surface area (Å²) in [6.45, 7) is 5.02. The fraction of sp³-hybridized carbons (Fsp3) is 0.625. The van der Waals surface area contributed by atoms with E-state index < -0.39 is 0 Å². The molecule has 20 heavy (non-hydrogen) atoms. The molecule has 0 unspecified atom stereocenters. The molecule has 0 aromatic carbocycles. The first-order valence-corrected chi connectivity index (χ1v) is 8.03. The Labute approximate surface area is 126 Å². The summed E-state index contributed by atoms with van der Waals surface area (Å²) in [6.07, 6.45) is 10.6. The van der Waals surface area contributed by atoms with Crippen molar-refractivity contribution in [1.82, 2.24) is 9.97 Å². The predicted molar refractivity (Wildman–Crippen MR) is 85.4 cm³/mol. The highest BCUT2D eigenvalue weighted by Gasteiger charge is 2.09. The molecule has 4 heteroatoms. The van der Waals surface area contributed by atoms with Crippen LogP contribution in [0.4, 0.5) is 5.82 Å². The second-order valence-corrected chi connectivity index (χ2v) is 5.80. The van der Waals surface area contributed by atoms with Gasteiger partial charge in [0.25, 0.3) is 0 Å². The van der Waals surface area contributed by atoms with Crippen molar-refractivity contribution in [2.24, 2.45) is 0 Å². The van der Waals surface area contributed by atoms with Crippen molar-refractivity contribution in [2.45, 2.75) is 58.8 Å². The average molecular weight is 294 g/mol. The molecule has 110 valence electrons. The largest absolute Gasteiger partial charge is 0.369 e. The molecule has 0 atom stereocenters. The highest BCUT2D eigenvalue weighted by atomic mass is 35.5. The van der Waals surface area contributed by atoms with Gasteiger partial charge in [0.05, 0.1) is 0 Å². The summed E-state index contributed by atoms with van der Waals surface area (Å²) in [5.41, 5.74) is 2.53. The van der Waals surface area contributed by atoms with Gasteiger partial charge in [-0.05, 0) is 45.4 Å². The third kappa shape index (κ3) is 4.20. The summed E-state index contributed by atoms with van der Waals surface area (Å²) in [4.78, 5) is 8.90. The van der Waals surface area contributed by atoms with Crippen LogP contribution in [0.3, 0.4) is 0 Å². The van der Waals surface area contributed by atoms with E-state index in [1.807, 2.05) is 6.92 Å². The molecule has 0 bridgehead atoms. The molecular formula is C16H24ClN3. The molecule has 2 rings (SSSR count). The molecule has 1 aromatic rings. The SMILES string of the molecule is CCCc1nc(Cl)c(C)c(NCCC2=CCCCC2)n1. The molecule has 0 aliphatic heterocycles. The Morgan fingerprint density at radius 1 is 1.25 bits per heavy atom. The molecule has 1 aliphatic carbocycles. The first kappa shape index (κ1) is 15.3. The molecule has 1 heterocycles. The summed E-state index contributed by atoms with van der Waals surface area (Å²) in [5.74, 6) is 1.73. The fourth-order valence-electron chi connectivity index (χ4n) is 2.51. The van der Waals surface area contributed by atoms with Gasteiger partial charge in [-0.15, -0.1) is 0 Å². The van der Waals surface area contributed by atoms with Gasteiger partial charge < -0.3 is 5.32 Å². The van der Waals surface area contributed by atoms with Crippen LogP contribution in [-0.2, 0) is 6.42 Å². The van der Waals surface area contributed by atoms with Gasteiger partial charge in [-0.1, -0.05) is 30.2 Å². The minimum Gasteiger partial charge on any atom is -0.369 e. The molecule has 0 saturated heterocycles. The summed E-state index contributed by atoms with van der Waals surface area (Å²) in [5, 5.41) is 4.00. The second kappa shape index (κ2) is 7.63. The van der Waals surface area contributed by atoms with Gasteiger partial charge in [0.2, 0.25) is 0 Å². The number of nitrogens with zero attached hydrogens (tertiary/aromatic N) is 2. The summed E-state index contributed by atoms with van der Waals surface area (Å²) in [6, 6.07) is 0. The van der Waals surface area contributed by atoms with E-state index in [0.717, 1.165) is 43.0 Å². The Bertz CT molecular complexity index is 483. The van der Waals surface area contributed by atoms with Gasteiger partial charge in [0, 0.05) is 18.5 Å². The number of allylic oxidation sites excluding steroid dienone is 1. The minimum atomic E-state index is 0.572. The standard InChI is InChI=1S/C16H24ClN3/c1-3-7-14-19-15(17)12(2)16(20-14)18-11-10-13-8-5-4-6-9-13/h8H,3-7,9-11H2,1-2H3,(H,18,19,20). The third-order valence-electron chi connectivity index (χ3n) is 3.73. The van der Waals surface area contributed by atoms with Crippen molar-refractivity contribution in [3.05, 3.63) is 28.2 Å². The highest BCUT2D eigenvalue weighted by molar-refractivity contribution is 6.30. The van der Waals surface area contributed by atoms with Gasteiger partial charge >= 0.3 is 0 Å². The first-order valence-electron chi connectivity index (χ1n) is 7.65. The number of aryl methyl sites for hydroxylation is 1. The quantitative estimate of drug-likeness (QED) is 0.610. The number of hydrogen-bond acceptors (Lipinski definition) is 3. The minimum absolute atomic E-state index is 0.572. The molecule has 0 spiro atoms.